The number of carbonyl (C=O) groups is 1. The number of carbonyl (C=O) groups excluding carboxylic acids is 1. The van der Waals surface area contributed by atoms with E-state index in [1.165, 1.54) is 6.20 Å². The smallest absolute Gasteiger partial charge is 0.257 e. The summed E-state index contributed by atoms with van der Waals surface area (Å²) in [6, 6.07) is 10.1. The van der Waals surface area contributed by atoms with Crippen LogP contribution in [0.25, 0.3) is 0 Å². The number of rotatable bonds is 3. The van der Waals surface area contributed by atoms with Crippen molar-refractivity contribution >= 4 is 11.6 Å². The number of halogens is 1. The molecule has 17 heavy (non-hydrogen) atoms. The summed E-state index contributed by atoms with van der Waals surface area (Å²) in [7, 11) is 0. The topological polar surface area (TPSA) is 42.0 Å². The van der Waals surface area contributed by atoms with E-state index in [4.69, 9.17) is 0 Å². The van der Waals surface area contributed by atoms with Gasteiger partial charge in [0, 0.05) is 23.6 Å². The van der Waals surface area contributed by atoms with Crippen LogP contribution >= 0.6 is 0 Å². The van der Waals surface area contributed by atoms with Crippen LogP contribution in [0.3, 0.4) is 0 Å². The third kappa shape index (κ3) is 2.66. The van der Waals surface area contributed by atoms with Crippen LogP contribution in [0.2, 0.25) is 0 Å². The average Bonchev–Trinajstić information content (AvgIpc) is 2.40. The Morgan fingerprint density at radius 3 is 2.76 bits per heavy atom. The maximum atomic E-state index is 12.7. The van der Waals surface area contributed by atoms with E-state index < -0.39 is 6.67 Å². The van der Waals surface area contributed by atoms with Crippen molar-refractivity contribution in [3.8, 4) is 0 Å². The van der Waals surface area contributed by atoms with Crippen molar-refractivity contribution in [3.05, 3.63) is 59.9 Å². The Labute approximate surface area is 98.3 Å². The summed E-state index contributed by atoms with van der Waals surface area (Å²) in [6.07, 6.45) is 3.06. The predicted molar refractivity (Wildman–Crippen MR) is 63.4 cm³/mol. The standard InChI is InChI=1S/C13H11FN2O/c14-8-10-4-1-2-6-12(10)16-13(17)11-5-3-7-15-9-11/h1-7,9H,8H2,(H,16,17). The maximum Gasteiger partial charge on any atom is 0.257 e. The Kier molecular flexibility index (Phi) is 3.45. The molecule has 3 nitrogen and oxygen atoms in total. The van der Waals surface area contributed by atoms with Crippen molar-refractivity contribution < 1.29 is 9.18 Å². The quantitative estimate of drug-likeness (QED) is 0.880. The predicted octanol–water partition coefficient (Wildman–Crippen LogP) is 2.80. The number of aromatic nitrogens is 1. The summed E-state index contributed by atoms with van der Waals surface area (Å²) < 4.78 is 12.7. The minimum absolute atomic E-state index is 0.293. The fraction of sp³-hybridized carbons (Fsp3) is 0.0769. The molecule has 0 aliphatic rings. The van der Waals surface area contributed by atoms with Crippen molar-refractivity contribution in [1.29, 1.82) is 0 Å². The molecule has 0 bridgehead atoms. The molecule has 0 radical (unpaired) electrons. The SMILES string of the molecule is O=C(Nc1ccccc1CF)c1cccnc1. The molecule has 2 aromatic rings. The molecule has 0 aliphatic carbocycles. The molecule has 1 aromatic carbocycles. The molecular formula is C13H11FN2O. The van der Waals surface area contributed by atoms with E-state index in [2.05, 4.69) is 10.3 Å². The number of alkyl halides is 1. The van der Waals surface area contributed by atoms with E-state index in [0.717, 1.165) is 0 Å². The van der Waals surface area contributed by atoms with Gasteiger partial charge in [-0.25, -0.2) is 4.39 Å². The van der Waals surface area contributed by atoms with Crippen LogP contribution in [-0.2, 0) is 6.67 Å². The van der Waals surface area contributed by atoms with E-state index in [9.17, 15) is 9.18 Å². The van der Waals surface area contributed by atoms with Crippen molar-refractivity contribution in [2.24, 2.45) is 0 Å². The number of nitrogens with zero attached hydrogens (tertiary/aromatic N) is 1. The van der Waals surface area contributed by atoms with E-state index in [1.54, 1.807) is 42.6 Å². The van der Waals surface area contributed by atoms with Crippen LogP contribution in [0.1, 0.15) is 15.9 Å². The van der Waals surface area contributed by atoms with E-state index in [1.807, 2.05) is 0 Å². The summed E-state index contributed by atoms with van der Waals surface area (Å²) in [5, 5.41) is 2.66. The molecule has 2 rings (SSSR count). The monoisotopic (exact) mass is 230 g/mol. The lowest BCUT2D eigenvalue weighted by Gasteiger charge is -2.08. The molecule has 1 N–H and O–H groups in total. The van der Waals surface area contributed by atoms with Crippen LogP contribution in [0.5, 0.6) is 0 Å². The second-order valence-corrected chi connectivity index (χ2v) is 3.49. The number of hydrogen-bond acceptors (Lipinski definition) is 2. The van der Waals surface area contributed by atoms with Gasteiger partial charge in [0.25, 0.3) is 5.91 Å². The Balaban J connectivity index is 2.19. The Bertz CT molecular complexity index is 514. The molecule has 0 saturated carbocycles. The third-order valence-corrected chi connectivity index (χ3v) is 2.33. The van der Waals surface area contributed by atoms with Gasteiger partial charge in [0.2, 0.25) is 0 Å². The van der Waals surface area contributed by atoms with Gasteiger partial charge in [0.05, 0.1) is 5.56 Å². The van der Waals surface area contributed by atoms with Gasteiger partial charge in [-0.15, -0.1) is 0 Å². The third-order valence-electron chi connectivity index (χ3n) is 2.33. The Hall–Kier alpha value is -2.23. The maximum absolute atomic E-state index is 12.7. The van der Waals surface area contributed by atoms with Gasteiger partial charge in [0.1, 0.15) is 6.67 Å². The van der Waals surface area contributed by atoms with Gasteiger partial charge in [-0.2, -0.15) is 0 Å². The number of nitrogens with one attached hydrogen (secondary N) is 1. The zero-order valence-electron chi connectivity index (χ0n) is 9.06. The molecule has 1 heterocycles. The molecule has 0 fully saturated rings. The van der Waals surface area contributed by atoms with Gasteiger partial charge in [-0.3, -0.25) is 9.78 Å². The van der Waals surface area contributed by atoms with Crippen molar-refractivity contribution in [1.82, 2.24) is 4.98 Å². The number of hydrogen-bond donors (Lipinski definition) is 1. The number of benzene rings is 1. The van der Waals surface area contributed by atoms with E-state index in [-0.39, 0.29) is 5.91 Å². The van der Waals surface area contributed by atoms with Crippen LogP contribution < -0.4 is 5.32 Å². The lowest BCUT2D eigenvalue weighted by atomic mass is 10.2. The summed E-state index contributed by atoms with van der Waals surface area (Å²) in [5.74, 6) is -0.293. The van der Waals surface area contributed by atoms with E-state index in [0.29, 0.717) is 16.8 Å². The van der Waals surface area contributed by atoms with Crippen LogP contribution in [-0.4, -0.2) is 10.9 Å². The summed E-state index contributed by atoms with van der Waals surface area (Å²) in [6.45, 7) is -0.608. The van der Waals surface area contributed by atoms with Crippen molar-refractivity contribution in [2.45, 2.75) is 6.67 Å². The minimum atomic E-state index is -0.608. The van der Waals surface area contributed by atoms with Gasteiger partial charge in [0.15, 0.2) is 0 Å². The molecule has 0 atom stereocenters. The van der Waals surface area contributed by atoms with Gasteiger partial charge in [-0.1, -0.05) is 18.2 Å². The first-order valence-electron chi connectivity index (χ1n) is 5.16. The number of amides is 1. The second kappa shape index (κ2) is 5.21. The molecule has 0 aliphatic heterocycles. The lowest BCUT2D eigenvalue weighted by Crippen LogP contribution is -2.13. The van der Waals surface area contributed by atoms with Crippen LogP contribution in [0.4, 0.5) is 10.1 Å². The normalized spacial score (nSPS) is 9.94. The molecule has 4 heteroatoms. The minimum Gasteiger partial charge on any atom is -0.322 e. The van der Waals surface area contributed by atoms with Crippen molar-refractivity contribution in [2.75, 3.05) is 5.32 Å². The molecule has 1 aromatic heterocycles. The highest BCUT2D eigenvalue weighted by Crippen LogP contribution is 2.16. The number of para-hydroxylation sites is 1. The average molecular weight is 230 g/mol. The number of anilines is 1. The highest BCUT2D eigenvalue weighted by atomic mass is 19.1. The fourth-order valence-electron chi connectivity index (χ4n) is 1.45. The molecule has 0 saturated heterocycles. The molecule has 86 valence electrons. The first kappa shape index (κ1) is 11.3. The first-order chi connectivity index (χ1) is 8.31. The van der Waals surface area contributed by atoms with Crippen molar-refractivity contribution in [3.63, 3.8) is 0 Å². The molecule has 1 amide bonds. The lowest BCUT2D eigenvalue weighted by molar-refractivity contribution is 0.102. The number of pyridine rings is 1. The Morgan fingerprint density at radius 2 is 2.06 bits per heavy atom. The first-order valence-corrected chi connectivity index (χ1v) is 5.16. The zero-order chi connectivity index (χ0) is 12.1. The molecule has 0 spiro atoms. The van der Waals surface area contributed by atoms with Gasteiger partial charge < -0.3 is 5.32 Å². The summed E-state index contributed by atoms with van der Waals surface area (Å²) in [4.78, 5) is 15.7. The largest absolute Gasteiger partial charge is 0.322 e. The molecular weight excluding hydrogens is 219 g/mol. The summed E-state index contributed by atoms with van der Waals surface area (Å²) >= 11 is 0. The fourth-order valence-corrected chi connectivity index (χ4v) is 1.45. The van der Waals surface area contributed by atoms with Crippen LogP contribution in [0, 0.1) is 0 Å². The van der Waals surface area contributed by atoms with E-state index >= 15 is 0 Å². The molecule has 0 unspecified atom stereocenters. The highest BCUT2D eigenvalue weighted by molar-refractivity contribution is 6.04. The van der Waals surface area contributed by atoms with Crippen LogP contribution in [0.15, 0.2) is 48.8 Å². The second-order valence-electron chi connectivity index (χ2n) is 3.49. The van der Waals surface area contributed by atoms with Gasteiger partial charge in [-0.05, 0) is 18.2 Å². The Morgan fingerprint density at radius 1 is 1.24 bits per heavy atom. The zero-order valence-corrected chi connectivity index (χ0v) is 9.06. The summed E-state index contributed by atoms with van der Waals surface area (Å²) in [5.41, 5.74) is 1.40. The van der Waals surface area contributed by atoms with Gasteiger partial charge >= 0.3 is 0 Å². The highest BCUT2D eigenvalue weighted by Gasteiger charge is 2.08.